The van der Waals surface area contributed by atoms with Gasteiger partial charge < -0.3 is 9.72 Å². The number of aromatic nitrogens is 1. The topological polar surface area (TPSA) is 42.1 Å². The lowest BCUT2D eigenvalue weighted by molar-refractivity contribution is -0.274. The van der Waals surface area contributed by atoms with E-state index >= 15 is 0 Å². The maximum Gasteiger partial charge on any atom is 0.573 e. The number of H-pyrrole nitrogens is 1. The highest BCUT2D eigenvalue weighted by Crippen LogP contribution is 2.29. The second-order valence-electron chi connectivity index (χ2n) is 6.05. The molecule has 26 heavy (non-hydrogen) atoms. The summed E-state index contributed by atoms with van der Waals surface area (Å²) in [7, 11) is 0. The maximum absolute atomic E-state index is 12.8. The number of benzene rings is 2. The van der Waals surface area contributed by atoms with Gasteiger partial charge in [0.1, 0.15) is 5.75 Å². The lowest BCUT2D eigenvalue weighted by atomic mass is 10.0. The third-order valence-electron chi connectivity index (χ3n) is 4.35. The summed E-state index contributed by atoms with van der Waals surface area (Å²) >= 11 is 1.74. The van der Waals surface area contributed by atoms with Crippen molar-refractivity contribution >= 4 is 22.7 Å². The molecule has 0 bridgehead atoms. The van der Waals surface area contributed by atoms with Crippen molar-refractivity contribution in [2.75, 3.05) is 5.75 Å². The van der Waals surface area contributed by atoms with Crippen molar-refractivity contribution in [3.63, 3.8) is 0 Å². The number of pyridine rings is 1. The first-order chi connectivity index (χ1) is 12.4. The van der Waals surface area contributed by atoms with Gasteiger partial charge in [0, 0.05) is 27.9 Å². The fourth-order valence-electron chi connectivity index (χ4n) is 3.12. The average Bonchev–Trinajstić information content (AvgIpc) is 2.61. The Morgan fingerprint density at radius 1 is 1.04 bits per heavy atom. The van der Waals surface area contributed by atoms with Crippen LogP contribution in [0.25, 0.3) is 22.0 Å². The minimum absolute atomic E-state index is 0.0276. The number of nitrogens with one attached hydrogen (secondary N) is 1. The highest BCUT2D eigenvalue weighted by atomic mass is 32.2. The van der Waals surface area contributed by atoms with Crippen LogP contribution in [0.4, 0.5) is 13.2 Å². The van der Waals surface area contributed by atoms with Gasteiger partial charge in [0.15, 0.2) is 5.43 Å². The van der Waals surface area contributed by atoms with E-state index in [1.165, 1.54) is 12.1 Å². The summed E-state index contributed by atoms with van der Waals surface area (Å²) in [5.74, 6) is 1.43. The van der Waals surface area contributed by atoms with Crippen LogP contribution in [0, 0.1) is 0 Å². The van der Waals surface area contributed by atoms with E-state index in [0.29, 0.717) is 16.7 Å². The number of rotatable bonds is 2. The molecule has 4 rings (SSSR count). The molecule has 134 valence electrons. The molecule has 2 aromatic carbocycles. The van der Waals surface area contributed by atoms with Gasteiger partial charge in [-0.2, -0.15) is 11.8 Å². The Bertz CT molecular complexity index is 1030. The third-order valence-corrected chi connectivity index (χ3v) is 5.34. The van der Waals surface area contributed by atoms with Crippen molar-refractivity contribution in [1.29, 1.82) is 0 Å². The Morgan fingerprint density at radius 2 is 1.77 bits per heavy atom. The third kappa shape index (κ3) is 3.31. The predicted molar refractivity (Wildman–Crippen MR) is 96.6 cm³/mol. The van der Waals surface area contributed by atoms with Crippen molar-refractivity contribution in [3.05, 3.63) is 63.9 Å². The number of thioether (sulfide) groups is 1. The zero-order chi connectivity index (χ0) is 18.3. The molecule has 7 heteroatoms. The molecule has 0 spiro atoms. The predicted octanol–water partition coefficient (Wildman–Crippen LogP) is 4.88. The van der Waals surface area contributed by atoms with Crippen molar-refractivity contribution in [2.45, 2.75) is 18.5 Å². The number of aryl methyl sites for hydroxylation is 1. The van der Waals surface area contributed by atoms with Gasteiger partial charge >= 0.3 is 6.36 Å². The van der Waals surface area contributed by atoms with Crippen LogP contribution in [0.2, 0.25) is 0 Å². The molecular weight excluding hydrogens is 363 g/mol. The number of hydrogen-bond acceptors (Lipinski definition) is 3. The summed E-state index contributed by atoms with van der Waals surface area (Å²) in [6, 6.07) is 11.1. The Hall–Kier alpha value is -2.41. The van der Waals surface area contributed by atoms with Gasteiger partial charge in [-0.25, -0.2) is 0 Å². The fourth-order valence-corrected chi connectivity index (χ4v) is 4.12. The summed E-state index contributed by atoms with van der Waals surface area (Å²) in [5.41, 5.74) is 4.11. The lowest BCUT2D eigenvalue weighted by Gasteiger charge is -2.16. The van der Waals surface area contributed by atoms with Gasteiger partial charge in [-0.3, -0.25) is 4.79 Å². The van der Waals surface area contributed by atoms with Gasteiger partial charge in [-0.1, -0.05) is 18.2 Å². The van der Waals surface area contributed by atoms with Gasteiger partial charge in [0.25, 0.3) is 0 Å². The minimum Gasteiger partial charge on any atom is -0.406 e. The maximum atomic E-state index is 12.8. The Kier molecular flexibility index (Phi) is 4.19. The quantitative estimate of drug-likeness (QED) is 0.692. The van der Waals surface area contributed by atoms with Crippen molar-refractivity contribution < 1.29 is 17.9 Å². The fraction of sp³-hybridized carbons (Fsp3) is 0.211. The van der Waals surface area contributed by atoms with E-state index in [1.54, 1.807) is 30.0 Å². The molecular formula is C19H14F3NO2S. The number of hydrogen-bond donors (Lipinski definition) is 1. The largest absolute Gasteiger partial charge is 0.573 e. The first kappa shape index (κ1) is 17.0. The van der Waals surface area contributed by atoms with Crippen LogP contribution in [0.5, 0.6) is 5.75 Å². The van der Waals surface area contributed by atoms with E-state index in [-0.39, 0.29) is 11.2 Å². The molecule has 3 aromatic rings. The molecule has 1 aliphatic rings. The van der Waals surface area contributed by atoms with E-state index in [2.05, 4.69) is 9.72 Å². The molecule has 2 heterocycles. The lowest BCUT2D eigenvalue weighted by Crippen LogP contribution is -2.18. The molecule has 0 fully saturated rings. The Labute approximate surface area is 151 Å². The number of alkyl halides is 3. The molecule has 0 amide bonds. The van der Waals surface area contributed by atoms with E-state index in [0.717, 1.165) is 34.5 Å². The monoisotopic (exact) mass is 377 g/mol. The highest BCUT2D eigenvalue weighted by molar-refractivity contribution is 7.98. The molecule has 0 aliphatic carbocycles. The zero-order valence-corrected chi connectivity index (χ0v) is 14.3. The highest BCUT2D eigenvalue weighted by Gasteiger charge is 2.31. The van der Waals surface area contributed by atoms with Crippen LogP contribution < -0.4 is 10.2 Å². The van der Waals surface area contributed by atoms with Crippen LogP contribution in [0.15, 0.2) is 47.3 Å². The summed E-state index contributed by atoms with van der Waals surface area (Å²) in [4.78, 5) is 16.1. The molecule has 0 saturated carbocycles. The van der Waals surface area contributed by atoms with Gasteiger partial charge in [-0.15, -0.1) is 13.2 Å². The summed E-state index contributed by atoms with van der Waals surface area (Å²) < 4.78 is 40.7. The van der Waals surface area contributed by atoms with E-state index in [1.807, 2.05) is 12.1 Å². The second-order valence-corrected chi connectivity index (χ2v) is 7.15. The van der Waals surface area contributed by atoms with Gasteiger partial charge in [0.2, 0.25) is 0 Å². The molecule has 0 unspecified atom stereocenters. The Balaban J connectivity index is 1.73. The van der Waals surface area contributed by atoms with Crippen molar-refractivity contribution in [1.82, 2.24) is 4.98 Å². The normalized spacial score (nSPS) is 14.3. The van der Waals surface area contributed by atoms with Gasteiger partial charge in [0.05, 0.1) is 0 Å². The van der Waals surface area contributed by atoms with E-state index in [4.69, 9.17) is 0 Å². The molecule has 3 nitrogen and oxygen atoms in total. The standard InChI is InChI=1S/C19H14F3NO2S/c20-19(21,22)25-13-4-1-11(2-5-13)12-3-6-16-14(9-12)18(24)15-10-26-8-7-17(15)23-16/h1-6,9H,7-8,10H2,(H,23,24). The molecule has 0 saturated heterocycles. The first-order valence-corrected chi connectivity index (χ1v) is 9.18. The van der Waals surface area contributed by atoms with Gasteiger partial charge in [-0.05, 0) is 47.6 Å². The molecule has 0 radical (unpaired) electrons. The van der Waals surface area contributed by atoms with E-state index < -0.39 is 6.36 Å². The van der Waals surface area contributed by atoms with Crippen molar-refractivity contribution in [2.24, 2.45) is 0 Å². The first-order valence-electron chi connectivity index (χ1n) is 8.02. The Morgan fingerprint density at radius 3 is 2.50 bits per heavy atom. The van der Waals surface area contributed by atoms with Crippen LogP contribution in [-0.2, 0) is 12.2 Å². The van der Waals surface area contributed by atoms with E-state index in [9.17, 15) is 18.0 Å². The molecule has 0 atom stereocenters. The SMILES string of the molecule is O=c1c2c([nH]c3ccc(-c4ccc(OC(F)(F)F)cc4)cc13)CCSC2. The molecule has 1 N–H and O–H groups in total. The summed E-state index contributed by atoms with van der Waals surface area (Å²) in [6.45, 7) is 0. The van der Waals surface area contributed by atoms with Crippen LogP contribution in [0.3, 0.4) is 0 Å². The van der Waals surface area contributed by atoms with Crippen LogP contribution in [0.1, 0.15) is 11.3 Å². The summed E-state index contributed by atoms with van der Waals surface area (Å²) in [6.07, 6.45) is -3.86. The average molecular weight is 377 g/mol. The smallest absolute Gasteiger partial charge is 0.406 e. The number of aromatic amines is 1. The second kappa shape index (κ2) is 6.39. The molecule has 1 aliphatic heterocycles. The van der Waals surface area contributed by atoms with Crippen molar-refractivity contribution in [3.8, 4) is 16.9 Å². The minimum atomic E-state index is -4.71. The molecule has 1 aromatic heterocycles. The summed E-state index contributed by atoms with van der Waals surface area (Å²) in [5, 5.41) is 0.597. The number of ether oxygens (including phenoxy) is 1. The zero-order valence-electron chi connectivity index (χ0n) is 13.5. The number of fused-ring (bicyclic) bond motifs is 2. The van der Waals surface area contributed by atoms with Crippen LogP contribution >= 0.6 is 11.8 Å². The van der Waals surface area contributed by atoms with Crippen LogP contribution in [-0.4, -0.2) is 17.1 Å². The number of halogens is 3.